The van der Waals surface area contributed by atoms with Crippen molar-refractivity contribution in [1.29, 1.82) is 0 Å². The number of hydrogen-bond donors (Lipinski definition) is 1. The Balaban J connectivity index is 0.00000225. The molecule has 2 aliphatic heterocycles. The van der Waals surface area contributed by atoms with E-state index >= 15 is 0 Å². The van der Waals surface area contributed by atoms with Gasteiger partial charge in [0.1, 0.15) is 0 Å². The third-order valence-corrected chi connectivity index (χ3v) is 5.86. The van der Waals surface area contributed by atoms with E-state index < -0.39 is 6.10 Å². The molecule has 1 saturated heterocycles. The number of rotatable bonds is 4. The summed E-state index contributed by atoms with van der Waals surface area (Å²) in [7, 11) is 0. The normalized spacial score (nSPS) is 20.7. The van der Waals surface area contributed by atoms with Crippen LogP contribution in [0.15, 0.2) is 65.8 Å². The van der Waals surface area contributed by atoms with Crippen LogP contribution >= 0.6 is 12.4 Å². The minimum Gasteiger partial charge on any atom is -0.382 e. The van der Waals surface area contributed by atoms with Crippen LogP contribution in [0.25, 0.3) is 0 Å². The van der Waals surface area contributed by atoms with Gasteiger partial charge in [-0.3, -0.25) is 4.79 Å². The highest BCUT2D eigenvalue weighted by Gasteiger charge is 2.39. The van der Waals surface area contributed by atoms with Gasteiger partial charge >= 0.3 is 0 Å². The summed E-state index contributed by atoms with van der Waals surface area (Å²) in [6.45, 7) is 2.00. The van der Waals surface area contributed by atoms with Gasteiger partial charge < -0.3 is 15.5 Å². The lowest BCUT2D eigenvalue weighted by Crippen LogP contribution is -2.50. The lowest BCUT2D eigenvalue weighted by atomic mass is 9.73. The molecule has 0 saturated carbocycles. The molecule has 2 aliphatic rings. The van der Waals surface area contributed by atoms with Gasteiger partial charge in [-0.25, -0.2) is 0 Å². The number of benzene rings is 2. The van der Waals surface area contributed by atoms with Crippen LogP contribution < -0.4 is 5.73 Å². The number of amides is 1. The van der Waals surface area contributed by atoms with Gasteiger partial charge in [0.2, 0.25) is 6.10 Å². The summed E-state index contributed by atoms with van der Waals surface area (Å²) in [5.74, 6) is 0.0309. The fourth-order valence-electron chi connectivity index (χ4n) is 4.07. The predicted octanol–water partition coefficient (Wildman–Crippen LogP) is 3.12. The van der Waals surface area contributed by atoms with Gasteiger partial charge in [0.15, 0.2) is 0 Å². The molecule has 0 aliphatic carbocycles. The van der Waals surface area contributed by atoms with Gasteiger partial charge in [0.25, 0.3) is 5.91 Å². The fraction of sp³-hybridized carbons (Fsp3) is 0.364. The summed E-state index contributed by atoms with van der Waals surface area (Å²) >= 11 is 0. The molecule has 1 atom stereocenters. The van der Waals surface area contributed by atoms with Gasteiger partial charge in [-0.15, -0.1) is 12.4 Å². The molecule has 4 rings (SSSR count). The van der Waals surface area contributed by atoms with Crippen molar-refractivity contribution >= 4 is 24.0 Å². The highest BCUT2D eigenvalue weighted by molar-refractivity contribution is 6.04. The molecule has 0 aromatic heterocycles. The molecule has 0 bridgehead atoms. The van der Waals surface area contributed by atoms with Crippen LogP contribution in [0.1, 0.15) is 30.4 Å². The van der Waals surface area contributed by atoms with Crippen LogP contribution in [-0.4, -0.2) is 42.3 Å². The number of piperidine rings is 1. The third-order valence-electron chi connectivity index (χ3n) is 5.86. The van der Waals surface area contributed by atoms with Gasteiger partial charge in [-0.2, -0.15) is 0 Å². The second-order valence-electron chi connectivity index (χ2n) is 7.38. The molecule has 2 heterocycles. The summed E-state index contributed by atoms with van der Waals surface area (Å²) in [5.41, 5.74) is 9.23. The van der Waals surface area contributed by atoms with Crippen molar-refractivity contribution in [2.75, 3.05) is 19.6 Å². The van der Waals surface area contributed by atoms with Crippen LogP contribution in [0.3, 0.4) is 0 Å². The number of likely N-dealkylation sites (tertiary alicyclic amines) is 1. The molecule has 1 fully saturated rings. The quantitative estimate of drug-likeness (QED) is 0.858. The van der Waals surface area contributed by atoms with Crippen LogP contribution in [0.5, 0.6) is 0 Å². The Morgan fingerprint density at radius 1 is 1.07 bits per heavy atom. The smallest absolute Gasteiger partial charge is 0.266 e. The average molecular weight is 400 g/mol. The Hall–Kier alpha value is -2.37. The van der Waals surface area contributed by atoms with Crippen LogP contribution in [0.2, 0.25) is 0 Å². The molecular formula is C22H26ClN3O2. The van der Waals surface area contributed by atoms with Gasteiger partial charge in [-0.1, -0.05) is 65.8 Å². The Kier molecular flexibility index (Phi) is 6.37. The Labute approximate surface area is 172 Å². The van der Waals surface area contributed by atoms with Gasteiger partial charge in [0, 0.05) is 31.5 Å². The van der Waals surface area contributed by atoms with E-state index in [0.29, 0.717) is 26.1 Å². The van der Waals surface area contributed by atoms with E-state index in [-0.39, 0.29) is 23.7 Å². The third kappa shape index (κ3) is 3.91. The highest BCUT2D eigenvalue weighted by Crippen LogP contribution is 2.35. The Morgan fingerprint density at radius 3 is 2.29 bits per heavy atom. The lowest BCUT2D eigenvalue weighted by molar-refractivity contribution is -0.143. The maximum atomic E-state index is 12.9. The molecule has 5 nitrogen and oxygen atoms in total. The van der Waals surface area contributed by atoms with Crippen LogP contribution in [0, 0.1) is 0 Å². The number of halogens is 1. The summed E-state index contributed by atoms with van der Waals surface area (Å²) < 4.78 is 0. The van der Waals surface area contributed by atoms with Crippen molar-refractivity contribution in [3.8, 4) is 0 Å². The maximum absolute atomic E-state index is 12.9. The number of hydrogen-bond acceptors (Lipinski definition) is 4. The van der Waals surface area contributed by atoms with E-state index in [1.807, 2.05) is 41.3 Å². The van der Waals surface area contributed by atoms with E-state index in [1.54, 1.807) is 0 Å². The molecule has 1 unspecified atom stereocenters. The Bertz CT molecular complexity index is 818. The van der Waals surface area contributed by atoms with E-state index in [4.69, 9.17) is 10.6 Å². The zero-order chi connectivity index (χ0) is 18.7. The fourth-order valence-corrected chi connectivity index (χ4v) is 4.07. The summed E-state index contributed by atoms with van der Waals surface area (Å²) in [5, 5.41) is 4.14. The van der Waals surface area contributed by atoms with Crippen molar-refractivity contribution < 1.29 is 9.63 Å². The second-order valence-corrected chi connectivity index (χ2v) is 7.38. The van der Waals surface area contributed by atoms with Crippen LogP contribution in [-0.2, 0) is 15.0 Å². The molecule has 6 heteroatoms. The monoisotopic (exact) mass is 399 g/mol. The minimum atomic E-state index is -0.512. The molecule has 0 spiro atoms. The molecule has 2 N–H and O–H groups in total. The first-order valence-corrected chi connectivity index (χ1v) is 9.54. The van der Waals surface area contributed by atoms with Crippen molar-refractivity contribution in [3.05, 3.63) is 71.8 Å². The average Bonchev–Trinajstić information content (AvgIpc) is 3.25. The van der Waals surface area contributed by atoms with E-state index in [9.17, 15) is 4.79 Å². The molecule has 2 aromatic carbocycles. The molecule has 148 valence electrons. The summed E-state index contributed by atoms with van der Waals surface area (Å²) in [6.07, 6.45) is 1.76. The summed E-state index contributed by atoms with van der Waals surface area (Å²) in [4.78, 5) is 20.3. The molecule has 2 aromatic rings. The van der Waals surface area contributed by atoms with E-state index in [0.717, 1.165) is 24.1 Å². The molecule has 0 radical (unpaired) electrons. The second kappa shape index (κ2) is 8.76. The molecular weight excluding hydrogens is 374 g/mol. The Morgan fingerprint density at radius 2 is 1.68 bits per heavy atom. The first kappa shape index (κ1) is 20.4. The topological polar surface area (TPSA) is 67.9 Å². The maximum Gasteiger partial charge on any atom is 0.266 e. The summed E-state index contributed by atoms with van der Waals surface area (Å²) in [6, 6.07) is 20.3. The molecule has 28 heavy (non-hydrogen) atoms. The van der Waals surface area contributed by atoms with Gasteiger partial charge in [0.05, 0.1) is 5.71 Å². The van der Waals surface area contributed by atoms with Crippen LogP contribution in [0.4, 0.5) is 0 Å². The zero-order valence-corrected chi connectivity index (χ0v) is 16.6. The number of carbonyl (C=O) groups is 1. The number of nitrogens with two attached hydrogens (primary N) is 1. The molecule has 1 amide bonds. The first-order valence-electron chi connectivity index (χ1n) is 9.54. The SMILES string of the molecule is Cl.NCC1(c2ccccc2)CCN(C(=O)C2CC(c3ccccc3)=NO2)CC1. The predicted molar refractivity (Wildman–Crippen MR) is 113 cm³/mol. The van der Waals surface area contributed by atoms with E-state index in [1.165, 1.54) is 5.56 Å². The van der Waals surface area contributed by atoms with E-state index in [2.05, 4.69) is 29.4 Å². The number of nitrogens with zero attached hydrogens (tertiary/aromatic N) is 2. The van der Waals surface area contributed by atoms with Crippen molar-refractivity contribution in [3.63, 3.8) is 0 Å². The first-order chi connectivity index (χ1) is 13.2. The standard InChI is InChI=1S/C22H25N3O2.ClH/c23-16-22(18-9-5-2-6-10-18)11-13-25(14-12-22)21(26)20-15-19(24-27-20)17-7-3-1-4-8-17;/h1-10,20H,11-16,23H2;1H. The highest BCUT2D eigenvalue weighted by atomic mass is 35.5. The largest absolute Gasteiger partial charge is 0.382 e. The number of carbonyl (C=O) groups excluding carboxylic acids is 1. The van der Waals surface area contributed by atoms with Crippen molar-refractivity contribution in [1.82, 2.24) is 4.90 Å². The van der Waals surface area contributed by atoms with Gasteiger partial charge in [-0.05, 0) is 24.0 Å². The number of oxime groups is 1. The lowest BCUT2D eigenvalue weighted by Gasteiger charge is -2.42. The van der Waals surface area contributed by atoms with Crippen molar-refractivity contribution in [2.45, 2.75) is 30.8 Å². The zero-order valence-electron chi connectivity index (χ0n) is 15.8. The van der Waals surface area contributed by atoms with Crippen molar-refractivity contribution in [2.24, 2.45) is 10.9 Å². The minimum absolute atomic E-state index is 0.